The van der Waals surface area contributed by atoms with Crippen LogP contribution in [0.3, 0.4) is 0 Å². The first-order valence-corrected chi connectivity index (χ1v) is 6.36. The zero-order valence-corrected chi connectivity index (χ0v) is 10.8. The smallest absolute Gasteiger partial charge is 0.171 e. The van der Waals surface area contributed by atoms with E-state index in [0.717, 1.165) is 6.54 Å². The largest absolute Gasteiger partial charge is 0.367 e. The van der Waals surface area contributed by atoms with Crippen molar-refractivity contribution in [2.24, 2.45) is 5.92 Å². The molecule has 90 valence electrons. The Morgan fingerprint density at radius 2 is 2.06 bits per heavy atom. The minimum atomic E-state index is 0.452. The summed E-state index contributed by atoms with van der Waals surface area (Å²) >= 11 is 5.92. The molecule has 4 heteroatoms. The van der Waals surface area contributed by atoms with Gasteiger partial charge in [0.2, 0.25) is 0 Å². The van der Waals surface area contributed by atoms with Crippen molar-refractivity contribution in [3.63, 3.8) is 0 Å². The molecule has 0 spiro atoms. The van der Waals surface area contributed by atoms with E-state index in [2.05, 4.69) is 29.1 Å². The van der Waals surface area contributed by atoms with Crippen molar-refractivity contribution in [2.75, 3.05) is 11.9 Å². The Morgan fingerprint density at radius 3 is 2.69 bits per heavy atom. The number of halogens is 1. The zero-order chi connectivity index (χ0) is 11.8. The van der Waals surface area contributed by atoms with Gasteiger partial charge in [-0.05, 0) is 12.3 Å². The van der Waals surface area contributed by atoms with E-state index in [-0.39, 0.29) is 0 Å². The summed E-state index contributed by atoms with van der Waals surface area (Å²) in [6.45, 7) is 5.37. The quantitative estimate of drug-likeness (QED) is 0.790. The maximum Gasteiger partial charge on any atom is 0.171 e. The van der Waals surface area contributed by atoms with E-state index in [1.54, 1.807) is 12.4 Å². The van der Waals surface area contributed by atoms with Crippen LogP contribution >= 0.6 is 11.6 Å². The molecule has 3 nitrogen and oxygen atoms in total. The van der Waals surface area contributed by atoms with Gasteiger partial charge in [0.1, 0.15) is 0 Å². The van der Waals surface area contributed by atoms with Gasteiger partial charge in [-0.1, -0.05) is 44.7 Å². The number of nitrogens with one attached hydrogen (secondary N) is 1. The number of hydrogen-bond donors (Lipinski definition) is 1. The van der Waals surface area contributed by atoms with E-state index < -0.39 is 0 Å². The summed E-state index contributed by atoms with van der Waals surface area (Å²) < 4.78 is 0. The number of anilines is 1. The summed E-state index contributed by atoms with van der Waals surface area (Å²) in [5.41, 5.74) is 0. The average Bonchev–Trinajstić information content (AvgIpc) is 2.31. The molecule has 1 rings (SSSR count). The number of rotatable bonds is 7. The fourth-order valence-corrected chi connectivity index (χ4v) is 1.80. The first-order valence-electron chi connectivity index (χ1n) is 5.98. The lowest BCUT2D eigenvalue weighted by molar-refractivity contribution is 0.472. The summed E-state index contributed by atoms with van der Waals surface area (Å²) in [7, 11) is 0. The van der Waals surface area contributed by atoms with Gasteiger partial charge in [0.05, 0.1) is 0 Å². The molecule has 1 atom stereocenters. The molecular weight excluding hydrogens is 222 g/mol. The fraction of sp³-hybridized carbons (Fsp3) is 0.667. The molecule has 1 heterocycles. The Kier molecular flexibility index (Phi) is 6.16. The molecule has 0 aliphatic heterocycles. The molecule has 0 fully saturated rings. The molecule has 1 N–H and O–H groups in total. The second-order valence-corrected chi connectivity index (χ2v) is 4.35. The molecule has 0 saturated heterocycles. The van der Waals surface area contributed by atoms with Crippen molar-refractivity contribution in [2.45, 2.75) is 39.5 Å². The van der Waals surface area contributed by atoms with E-state index in [9.17, 15) is 0 Å². The van der Waals surface area contributed by atoms with Crippen LogP contribution in [0.1, 0.15) is 39.5 Å². The van der Waals surface area contributed by atoms with Crippen molar-refractivity contribution in [3.8, 4) is 0 Å². The standard InChI is InChI=1S/C12H20ClN3/c1-3-5-6-10(4-2)9-16-12-11(13)14-7-8-15-12/h7-8,10H,3-6,9H2,1-2H3,(H,15,16). The van der Waals surface area contributed by atoms with Crippen LogP contribution in [-0.4, -0.2) is 16.5 Å². The van der Waals surface area contributed by atoms with Gasteiger partial charge in [-0.3, -0.25) is 0 Å². The fourth-order valence-electron chi connectivity index (χ4n) is 1.62. The average molecular weight is 242 g/mol. The van der Waals surface area contributed by atoms with Crippen LogP contribution in [-0.2, 0) is 0 Å². The van der Waals surface area contributed by atoms with Crippen molar-refractivity contribution in [1.82, 2.24) is 9.97 Å². The molecule has 1 unspecified atom stereocenters. The first kappa shape index (κ1) is 13.2. The summed E-state index contributed by atoms with van der Waals surface area (Å²) in [5, 5.41) is 3.72. The van der Waals surface area contributed by atoms with Gasteiger partial charge in [0.15, 0.2) is 11.0 Å². The van der Waals surface area contributed by atoms with Gasteiger partial charge >= 0.3 is 0 Å². The Bertz CT molecular complexity index is 304. The number of unbranched alkanes of at least 4 members (excludes halogenated alkanes) is 1. The molecule has 0 aromatic carbocycles. The summed E-state index contributed by atoms with van der Waals surface area (Å²) in [4.78, 5) is 8.14. The van der Waals surface area contributed by atoms with E-state index in [4.69, 9.17) is 11.6 Å². The minimum absolute atomic E-state index is 0.452. The highest BCUT2D eigenvalue weighted by atomic mass is 35.5. The molecule has 0 bridgehead atoms. The molecular formula is C12H20ClN3. The van der Waals surface area contributed by atoms with Gasteiger partial charge in [0, 0.05) is 18.9 Å². The summed E-state index contributed by atoms with van der Waals surface area (Å²) in [6, 6.07) is 0. The van der Waals surface area contributed by atoms with Gasteiger partial charge in [-0.25, -0.2) is 9.97 Å². The Morgan fingerprint density at radius 1 is 1.31 bits per heavy atom. The highest BCUT2D eigenvalue weighted by Gasteiger charge is 2.07. The topological polar surface area (TPSA) is 37.8 Å². The van der Waals surface area contributed by atoms with Crippen LogP contribution in [0.5, 0.6) is 0 Å². The molecule has 1 aromatic rings. The lowest BCUT2D eigenvalue weighted by atomic mass is 9.99. The normalized spacial score (nSPS) is 12.4. The van der Waals surface area contributed by atoms with Gasteiger partial charge in [0.25, 0.3) is 0 Å². The monoisotopic (exact) mass is 241 g/mol. The lowest BCUT2D eigenvalue weighted by Gasteiger charge is -2.15. The van der Waals surface area contributed by atoms with E-state index in [1.165, 1.54) is 25.7 Å². The first-order chi connectivity index (χ1) is 7.77. The van der Waals surface area contributed by atoms with Crippen LogP contribution < -0.4 is 5.32 Å². The maximum absolute atomic E-state index is 5.92. The van der Waals surface area contributed by atoms with Crippen LogP contribution in [0.25, 0.3) is 0 Å². The van der Waals surface area contributed by atoms with Gasteiger partial charge < -0.3 is 5.32 Å². The SMILES string of the molecule is CCCCC(CC)CNc1nccnc1Cl. The Hall–Kier alpha value is -0.830. The highest BCUT2D eigenvalue weighted by Crippen LogP contribution is 2.17. The van der Waals surface area contributed by atoms with E-state index in [1.807, 2.05) is 0 Å². The maximum atomic E-state index is 5.92. The van der Waals surface area contributed by atoms with Gasteiger partial charge in [-0.2, -0.15) is 0 Å². The third-order valence-electron chi connectivity index (χ3n) is 2.76. The second-order valence-electron chi connectivity index (χ2n) is 3.99. The zero-order valence-electron chi connectivity index (χ0n) is 10.0. The molecule has 0 amide bonds. The molecule has 0 saturated carbocycles. The number of hydrogen-bond acceptors (Lipinski definition) is 3. The molecule has 0 radical (unpaired) electrons. The molecule has 1 aromatic heterocycles. The van der Waals surface area contributed by atoms with Crippen molar-refractivity contribution < 1.29 is 0 Å². The van der Waals surface area contributed by atoms with E-state index >= 15 is 0 Å². The number of nitrogens with zero attached hydrogens (tertiary/aromatic N) is 2. The Balaban J connectivity index is 2.40. The third-order valence-corrected chi connectivity index (χ3v) is 3.03. The lowest BCUT2D eigenvalue weighted by Crippen LogP contribution is -2.14. The van der Waals surface area contributed by atoms with Crippen molar-refractivity contribution in [3.05, 3.63) is 17.5 Å². The summed E-state index contributed by atoms with van der Waals surface area (Å²) in [6.07, 6.45) is 8.24. The van der Waals surface area contributed by atoms with Crippen LogP contribution in [0.2, 0.25) is 5.15 Å². The van der Waals surface area contributed by atoms with Crippen molar-refractivity contribution >= 4 is 17.4 Å². The van der Waals surface area contributed by atoms with Crippen LogP contribution in [0, 0.1) is 5.92 Å². The van der Waals surface area contributed by atoms with Gasteiger partial charge in [-0.15, -0.1) is 0 Å². The molecule has 16 heavy (non-hydrogen) atoms. The van der Waals surface area contributed by atoms with Crippen LogP contribution in [0.15, 0.2) is 12.4 Å². The minimum Gasteiger partial charge on any atom is -0.367 e. The Labute approximate surface area is 103 Å². The molecule has 0 aliphatic rings. The number of aromatic nitrogens is 2. The third kappa shape index (κ3) is 4.35. The predicted molar refractivity (Wildman–Crippen MR) is 68.8 cm³/mol. The van der Waals surface area contributed by atoms with Crippen molar-refractivity contribution in [1.29, 1.82) is 0 Å². The highest BCUT2D eigenvalue weighted by molar-refractivity contribution is 6.31. The van der Waals surface area contributed by atoms with Crippen LogP contribution in [0.4, 0.5) is 5.82 Å². The van der Waals surface area contributed by atoms with E-state index in [0.29, 0.717) is 16.9 Å². The summed E-state index contributed by atoms with van der Waals surface area (Å²) in [5.74, 6) is 1.39. The second kappa shape index (κ2) is 7.44. The predicted octanol–water partition coefficient (Wildman–Crippen LogP) is 3.76. The molecule has 0 aliphatic carbocycles.